The van der Waals surface area contributed by atoms with Gasteiger partial charge in [0.1, 0.15) is 12.4 Å². The Bertz CT molecular complexity index is 1120. The Labute approximate surface area is 177 Å². The lowest BCUT2D eigenvalue weighted by atomic mass is 10.2. The number of aryl methyl sites for hydroxylation is 1. The number of halogens is 2. The predicted octanol–water partition coefficient (Wildman–Crippen LogP) is 4.73. The van der Waals surface area contributed by atoms with Gasteiger partial charge in [0.05, 0.1) is 10.6 Å². The number of hydrogen-bond acceptors (Lipinski definition) is 3. The second-order valence-corrected chi connectivity index (χ2v) is 9.03. The molecule has 1 N–H and O–H groups in total. The van der Waals surface area contributed by atoms with Crippen molar-refractivity contribution in [3.05, 3.63) is 88.6 Å². The van der Waals surface area contributed by atoms with Crippen LogP contribution in [0.25, 0.3) is 0 Å². The van der Waals surface area contributed by atoms with Gasteiger partial charge in [-0.1, -0.05) is 34.1 Å². The molecule has 1 amide bonds. The summed E-state index contributed by atoms with van der Waals surface area (Å²) < 4.78 is 41.5. The van der Waals surface area contributed by atoms with Crippen molar-refractivity contribution in [1.29, 1.82) is 0 Å². The smallest absolute Gasteiger partial charge is 0.264 e. The van der Waals surface area contributed by atoms with Gasteiger partial charge in [-0.25, -0.2) is 12.8 Å². The van der Waals surface area contributed by atoms with E-state index in [1.54, 1.807) is 36.4 Å². The van der Waals surface area contributed by atoms with Crippen LogP contribution in [0.3, 0.4) is 0 Å². The summed E-state index contributed by atoms with van der Waals surface area (Å²) in [5.74, 6) is -1.02. The summed E-state index contributed by atoms with van der Waals surface area (Å²) in [7, 11) is -4.03. The molecule has 0 spiro atoms. The van der Waals surface area contributed by atoms with Crippen molar-refractivity contribution < 1.29 is 17.6 Å². The van der Waals surface area contributed by atoms with Crippen LogP contribution in [0.4, 0.5) is 15.8 Å². The molecule has 0 saturated carbocycles. The van der Waals surface area contributed by atoms with E-state index < -0.39 is 28.3 Å². The van der Waals surface area contributed by atoms with Crippen molar-refractivity contribution in [2.75, 3.05) is 16.2 Å². The Morgan fingerprint density at radius 1 is 1.03 bits per heavy atom. The van der Waals surface area contributed by atoms with Gasteiger partial charge < -0.3 is 5.32 Å². The Kier molecular flexibility index (Phi) is 6.34. The molecule has 0 aromatic heterocycles. The van der Waals surface area contributed by atoms with Crippen molar-refractivity contribution in [3.8, 4) is 0 Å². The van der Waals surface area contributed by atoms with Crippen molar-refractivity contribution >= 4 is 43.2 Å². The van der Waals surface area contributed by atoms with Crippen LogP contribution in [0.5, 0.6) is 0 Å². The van der Waals surface area contributed by atoms with Crippen LogP contribution >= 0.6 is 15.9 Å². The summed E-state index contributed by atoms with van der Waals surface area (Å²) in [6.45, 7) is 1.42. The summed E-state index contributed by atoms with van der Waals surface area (Å²) in [5, 5.41) is 2.71. The predicted molar refractivity (Wildman–Crippen MR) is 115 cm³/mol. The fourth-order valence-corrected chi connectivity index (χ4v) is 4.38. The molecule has 0 aliphatic rings. The van der Waals surface area contributed by atoms with Gasteiger partial charge in [-0.15, -0.1) is 0 Å². The zero-order valence-corrected chi connectivity index (χ0v) is 17.9. The van der Waals surface area contributed by atoms with Crippen molar-refractivity contribution in [3.63, 3.8) is 0 Å². The van der Waals surface area contributed by atoms with Gasteiger partial charge in [0.15, 0.2) is 0 Å². The lowest BCUT2D eigenvalue weighted by molar-refractivity contribution is -0.114. The Balaban J connectivity index is 1.92. The number of carbonyl (C=O) groups excluding carboxylic acids is 1. The molecule has 3 rings (SSSR count). The lowest BCUT2D eigenvalue weighted by Gasteiger charge is -2.24. The maximum absolute atomic E-state index is 13.3. The third-order valence-corrected chi connectivity index (χ3v) is 6.85. The highest BCUT2D eigenvalue weighted by Gasteiger charge is 2.27. The minimum atomic E-state index is -4.03. The van der Waals surface area contributed by atoms with E-state index in [4.69, 9.17) is 0 Å². The zero-order chi connectivity index (χ0) is 21.0. The SMILES string of the molecule is Cc1cc(NC(=O)CN(c2ccc(F)cc2)S(=O)(=O)c2ccccc2)ccc1Br. The highest BCUT2D eigenvalue weighted by Crippen LogP contribution is 2.24. The van der Waals surface area contributed by atoms with Crippen LogP contribution in [-0.4, -0.2) is 20.9 Å². The Morgan fingerprint density at radius 3 is 2.31 bits per heavy atom. The van der Waals surface area contributed by atoms with Crippen molar-refractivity contribution in [1.82, 2.24) is 0 Å². The second-order valence-electron chi connectivity index (χ2n) is 6.31. The number of carbonyl (C=O) groups is 1. The molecule has 0 radical (unpaired) electrons. The first-order valence-electron chi connectivity index (χ1n) is 8.67. The van der Waals surface area contributed by atoms with Crippen LogP contribution in [0, 0.1) is 12.7 Å². The largest absolute Gasteiger partial charge is 0.325 e. The molecule has 0 fully saturated rings. The van der Waals surface area contributed by atoms with Crippen LogP contribution < -0.4 is 9.62 Å². The molecule has 0 bridgehead atoms. The number of sulfonamides is 1. The first-order valence-corrected chi connectivity index (χ1v) is 10.9. The number of anilines is 2. The molecular weight excluding hydrogens is 459 g/mol. The summed E-state index contributed by atoms with van der Waals surface area (Å²) >= 11 is 3.39. The van der Waals surface area contributed by atoms with Crippen molar-refractivity contribution in [2.45, 2.75) is 11.8 Å². The number of rotatable bonds is 6. The molecule has 29 heavy (non-hydrogen) atoms. The molecular formula is C21H18BrFN2O3S. The number of hydrogen-bond donors (Lipinski definition) is 1. The van der Waals surface area contributed by atoms with E-state index in [-0.39, 0.29) is 10.6 Å². The molecule has 0 atom stereocenters. The number of nitrogens with one attached hydrogen (secondary N) is 1. The van der Waals surface area contributed by atoms with E-state index >= 15 is 0 Å². The first kappa shape index (κ1) is 21.0. The molecule has 5 nitrogen and oxygen atoms in total. The average Bonchev–Trinajstić information content (AvgIpc) is 2.70. The van der Waals surface area contributed by atoms with Crippen LogP contribution in [-0.2, 0) is 14.8 Å². The van der Waals surface area contributed by atoms with Crippen LogP contribution in [0.2, 0.25) is 0 Å². The third kappa shape index (κ3) is 5.02. The molecule has 3 aromatic carbocycles. The first-order chi connectivity index (χ1) is 13.8. The minimum absolute atomic E-state index is 0.0385. The fourth-order valence-electron chi connectivity index (χ4n) is 2.70. The number of amides is 1. The van der Waals surface area contributed by atoms with Gasteiger partial charge in [0, 0.05) is 10.2 Å². The van der Waals surface area contributed by atoms with Crippen LogP contribution in [0.1, 0.15) is 5.56 Å². The molecule has 0 aliphatic carbocycles. The summed E-state index contributed by atoms with van der Waals surface area (Å²) in [6, 6.07) is 18.0. The standard InChI is InChI=1S/C21H18BrFN2O3S/c1-15-13-17(9-12-20(15)22)24-21(26)14-25(18-10-7-16(23)8-11-18)29(27,28)19-5-3-2-4-6-19/h2-13H,14H2,1H3,(H,24,26). The summed E-state index contributed by atoms with van der Waals surface area (Å²) in [5.41, 5.74) is 1.67. The van der Waals surface area contributed by atoms with E-state index in [1.807, 2.05) is 6.92 Å². The molecule has 0 heterocycles. The van der Waals surface area contributed by atoms with Gasteiger partial charge in [0.25, 0.3) is 10.0 Å². The summed E-state index contributed by atoms with van der Waals surface area (Å²) in [4.78, 5) is 12.7. The van der Waals surface area contributed by atoms with Gasteiger partial charge in [-0.05, 0) is 67.1 Å². The average molecular weight is 477 g/mol. The molecule has 0 saturated heterocycles. The maximum atomic E-state index is 13.3. The molecule has 0 unspecified atom stereocenters. The quantitative estimate of drug-likeness (QED) is 0.558. The monoisotopic (exact) mass is 476 g/mol. The highest BCUT2D eigenvalue weighted by atomic mass is 79.9. The maximum Gasteiger partial charge on any atom is 0.264 e. The number of nitrogens with zero attached hydrogens (tertiary/aromatic N) is 1. The van der Waals surface area contributed by atoms with Gasteiger partial charge in [-0.3, -0.25) is 9.10 Å². The second kappa shape index (κ2) is 8.75. The molecule has 3 aromatic rings. The Hall–Kier alpha value is -2.71. The minimum Gasteiger partial charge on any atom is -0.325 e. The molecule has 8 heteroatoms. The zero-order valence-electron chi connectivity index (χ0n) is 15.5. The van der Waals surface area contributed by atoms with E-state index in [2.05, 4.69) is 21.2 Å². The highest BCUT2D eigenvalue weighted by molar-refractivity contribution is 9.10. The van der Waals surface area contributed by atoms with Gasteiger partial charge in [-0.2, -0.15) is 0 Å². The van der Waals surface area contributed by atoms with Crippen LogP contribution in [0.15, 0.2) is 82.2 Å². The Morgan fingerprint density at radius 2 is 1.69 bits per heavy atom. The van der Waals surface area contributed by atoms with E-state index in [9.17, 15) is 17.6 Å². The van der Waals surface area contributed by atoms with Gasteiger partial charge >= 0.3 is 0 Å². The summed E-state index contributed by atoms with van der Waals surface area (Å²) in [6.07, 6.45) is 0. The molecule has 150 valence electrons. The normalized spacial score (nSPS) is 11.1. The fraction of sp³-hybridized carbons (Fsp3) is 0.0952. The topological polar surface area (TPSA) is 66.5 Å². The van der Waals surface area contributed by atoms with E-state index in [0.717, 1.165) is 26.5 Å². The van der Waals surface area contributed by atoms with E-state index in [1.165, 1.54) is 24.3 Å². The third-order valence-electron chi connectivity index (χ3n) is 4.17. The number of benzene rings is 3. The van der Waals surface area contributed by atoms with Crippen molar-refractivity contribution in [2.24, 2.45) is 0 Å². The molecule has 0 aliphatic heterocycles. The lowest BCUT2D eigenvalue weighted by Crippen LogP contribution is -2.38. The van der Waals surface area contributed by atoms with Gasteiger partial charge in [0.2, 0.25) is 5.91 Å². The van der Waals surface area contributed by atoms with E-state index in [0.29, 0.717) is 5.69 Å².